The van der Waals surface area contributed by atoms with Gasteiger partial charge in [0.2, 0.25) is 0 Å². The highest BCUT2D eigenvalue weighted by atomic mass is 19.4. The van der Waals surface area contributed by atoms with Crippen molar-refractivity contribution in [3.05, 3.63) is 0 Å². The summed E-state index contributed by atoms with van der Waals surface area (Å²) < 4.78 is 76.0. The largest absolute Gasteiger partial charge is 0.435 e. The maximum absolute atomic E-state index is 12.1. The Balaban J connectivity index is 3.28. The van der Waals surface area contributed by atoms with Crippen LogP contribution in [0.2, 0.25) is 0 Å². The number of epoxide rings is 1. The molecular weight excluding hydrogens is 230 g/mol. The number of rotatable bonds is 0. The topological polar surface area (TPSA) is 60.1 Å². The number of halogens is 6. The minimum absolute atomic E-state index is 0.351. The van der Waals surface area contributed by atoms with Gasteiger partial charge in [0.25, 0.3) is 0 Å². The van der Waals surface area contributed by atoms with Gasteiger partial charge in [-0.25, -0.2) is 0 Å². The van der Waals surface area contributed by atoms with Crippen LogP contribution in [0, 0.1) is 22.7 Å². The molecule has 1 aliphatic heterocycles. The van der Waals surface area contributed by atoms with Crippen molar-refractivity contribution in [2.75, 3.05) is 0 Å². The van der Waals surface area contributed by atoms with E-state index in [0.717, 1.165) is 0 Å². The van der Waals surface area contributed by atoms with Crippen molar-refractivity contribution in [3.63, 3.8) is 0 Å². The first-order valence-corrected chi connectivity index (χ1v) is 3.24. The van der Waals surface area contributed by atoms with Crippen molar-refractivity contribution >= 4 is 0 Å². The second-order valence-electron chi connectivity index (χ2n) is 2.68. The first kappa shape index (κ1) is 11.6. The molecule has 0 aromatic rings. The van der Waals surface area contributed by atoms with E-state index in [1.54, 1.807) is 0 Å². The lowest BCUT2D eigenvalue weighted by atomic mass is 9.94. The third-order valence-electron chi connectivity index (χ3n) is 1.87. The van der Waals surface area contributed by atoms with Crippen LogP contribution in [-0.4, -0.2) is 23.6 Å². The van der Waals surface area contributed by atoms with Crippen molar-refractivity contribution < 1.29 is 31.1 Å². The highest BCUT2D eigenvalue weighted by Crippen LogP contribution is 2.63. The zero-order valence-corrected chi connectivity index (χ0v) is 6.57. The van der Waals surface area contributed by atoms with Gasteiger partial charge in [-0.3, -0.25) is 0 Å². The van der Waals surface area contributed by atoms with Crippen molar-refractivity contribution in [1.29, 1.82) is 10.5 Å². The summed E-state index contributed by atoms with van der Waals surface area (Å²) in [6, 6.07) is 0.702. The van der Waals surface area contributed by atoms with Crippen molar-refractivity contribution in [2.24, 2.45) is 0 Å². The lowest BCUT2D eigenvalue weighted by Gasteiger charge is -2.13. The average molecular weight is 230 g/mol. The van der Waals surface area contributed by atoms with E-state index in [0.29, 0.717) is 12.1 Å². The Hall–Kier alpha value is -1.48. The van der Waals surface area contributed by atoms with Crippen LogP contribution >= 0.6 is 0 Å². The third-order valence-corrected chi connectivity index (χ3v) is 1.87. The van der Waals surface area contributed by atoms with Crippen LogP contribution in [0.25, 0.3) is 0 Å². The van der Waals surface area contributed by atoms with Gasteiger partial charge in [-0.2, -0.15) is 36.9 Å². The number of nitriles is 2. The highest BCUT2D eigenvalue weighted by molar-refractivity contribution is 5.41. The van der Waals surface area contributed by atoms with E-state index >= 15 is 0 Å². The molecule has 1 aliphatic rings. The molecule has 9 heteroatoms. The van der Waals surface area contributed by atoms with Crippen LogP contribution in [0.3, 0.4) is 0 Å². The minimum Gasteiger partial charge on any atom is -0.314 e. The summed E-state index contributed by atoms with van der Waals surface area (Å²) in [7, 11) is 0. The van der Waals surface area contributed by atoms with Gasteiger partial charge in [0.05, 0.1) is 0 Å². The number of ether oxygens (including phenoxy) is 1. The van der Waals surface area contributed by atoms with E-state index in [1.807, 2.05) is 0 Å². The van der Waals surface area contributed by atoms with Crippen molar-refractivity contribution in [1.82, 2.24) is 0 Å². The Morgan fingerprint density at radius 2 is 1.07 bits per heavy atom. The molecule has 15 heavy (non-hydrogen) atoms. The second-order valence-corrected chi connectivity index (χ2v) is 2.68. The summed E-state index contributed by atoms with van der Waals surface area (Å²) in [6.07, 6.45) is -11.2. The molecule has 0 aromatic heterocycles. The summed E-state index contributed by atoms with van der Waals surface area (Å²) in [5, 5.41) is 16.2. The number of hydrogen-bond donors (Lipinski definition) is 0. The van der Waals surface area contributed by atoms with Crippen LogP contribution in [0.15, 0.2) is 0 Å². The number of nitrogens with zero attached hydrogens (tertiary/aromatic N) is 2. The summed E-state index contributed by atoms with van der Waals surface area (Å²) in [5.41, 5.74) is -8.21. The molecule has 0 amide bonds. The van der Waals surface area contributed by atoms with Gasteiger partial charge in [0.1, 0.15) is 12.1 Å². The predicted molar refractivity (Wildman–Crippen MR) is 29.9 cm³/mol. The first-order chi connectivity index (χ1) is 6.58. The van der Waals surface area contributed by atoms with Crippen LogP contribution in [-0.2, 0) is 4.74 Å². The van der Waals surface area contributed by atoms with E-state index in [2.05, 4.69) is 4.74 Å². The molecule has 1 fully saturated rings. The molecule has 2 unspecified atom stereocenters. The predicted octanol–water partition coefficient (Wildman–Crippen LogP) is 1.67. The second kappa shape index (κ2) is 2.55. The van der Waals surface area contributed by atoms with Gasteiger partial charge in [0.15, 0.2) is 0 Å². The monoisotopic (exact) mass is 230 g/mol. The summed E-state index contributed by atoms with van der Waals surface area (Å²) in [4.78, 5) is 0. The SMILES string of the molecule is N#CC1(C(F)(F)F)OC1(C#N)C(F)(F)F. The summed E-state index contributed by atoms with van der Waals surface area (Å²) in [5.74, 6) is 0. The third kappa shape index (κ3) is 1.10. The molecule has 1 rings (SSSR count). The molecule has 1 heterocycles. The van der Waals surface area contributed by atoms with Crippen LogP contribution in [0.1, 0.15) is 0 Å². The average Bonchev–Trinajstić information content (AvgIpc) is 2.72. The molecule has 0 N–H and O–H groups in total. The lowest BCUT2D eigenvalue weighted by Crippen LogP contribution is -2.46. The van der Waals surface area contributed by atoms with Gasteiger partial charge in [-0.15, -0.1) is 0 Å². The zero-order chi connectivity index (χ0) is 12.1. The van der Waals surface area contributed by atoms with Crippen LogP contribution in [0.5, 0.6) is 0 Å². The van der Waals surface area contributed by atoms with Crippen molar-refractivity contribution in [3.8, 4) is 12.1 Å². The molecule has 0 spiro atoms. The summed E-state index contributed by atoms with van der Waals surface area (Å²) in [6.45, 7) is 0. The van der Waals surface area contributed by atoms with Gasteiger partial charge in [-0.05, 0) is 0 Å². The standard InChI is InChI=1S/C6F6N2O/c7-5(8,9)3(1-13)4(2-14,15-3)6(10,11)12. The molecule has 0 aliphatic carbocycles. The van der Waals surface area contributed by atoms with Gasteiger partial charge >= 0.3 is 23.6 Å². The maximum atomic E-state index is 12.1. The fraction of sp³-hybridized carbons (Fsp3) is 0.667. The van der Waals surface area contributed by atoms with E-state index < -0.39 is 23.6 Å². The number of alkyl halides is 6. The molecular formula is C6F6N2O. The quantitative estimate of drug-likeness (QED) is 0.469. The smallest absolute Gasteiger partial charge is 0.314 e. The van der Waals surface area contributed by atoms with E-state index in [4.69, 9.17) is 10.5 Å². The van der Waals surface area contributed by atoms with Crippen LogP contribution < -0.4 is 0 Å². The molecule has 0 bridgehead atoms. The number of hydrogen-bond acceptors (Lipinski definition) is 3. The molecule has 0 aromatic carbocycles. The molecule has 3 nitrogen and oxygen atoms in total. The molecule has 82 valence electrons. The van der Waals surface area contributed by atoms with E-state index in [9.17, 15) is 26.3 Å². The van der Waals surface area contributed by atoms with E-state index in [1.165, 1.54) is 0 Å². The molecule has 0 saturated carbocycles. The Morgan fingerprint density at radius 1 is 0.800 bits per heavy atom. The Labute approximate surface area is 78.5 Å². The highest BCUT2D eigenvalue weighted by Gasteiger charge is 2.94. The zero-order valence-electron chi connectivity index (χ0n) is 6.57. The van der Waals surface area contributed by atoms with Crippen LogP contribution in [0.4, 0.5) is 26.3 Å². The maximum Gasteiger partial charge on any atom is 0.435 e. The van der Waals surface area contributed by atoms with E-state index in [-0.39, 0.29) is 0 Å². The van der Waals surface area contributed by atoms with Gasteiger partial charge < -0.3 is 4.74 Å². The van der Waals surface area contributed by atoms with Gasteiger partial charge in [-0.1, -0.05) is 0 Å². The fourth-order valence-electron chi connectivity index (χ4n) is 1.05. The Morgan fingerprint density at radius 3 is 1.13 bits per heavy atom. The Bertz CT molecular complexity index is 337. The normalized spacial score (nSPS) is 35.5. The lowest BCUT2D eigenvalue weighted by molar-refractivity contribution is -0.186. The van der Waals surface area contributed by atoms with Gasteiger partial charge in [0, 0.05) is 0 Å². The van der Waals surface area contributed by atoms with Crippen molar-refractivity contribution in [2.45, 2.75) is 23.6 Å². The Kier molecular flexibility index (Phi) is 1.97. The molecule has 0 radical (unpaired) electrons. The fourth-order valence-corrected chi connectivity index (χ4v) is 1.05. The minimum atomic E-state index is -5.58. The summed E-state index contributed by atoms with van der Waals surface area (Å²) >= 11 is 0. The molecule has 1 saturated heterocycles. The first-order valence-electron chi connectivity index (χ1n) is 3.24. The molecule has 2 atom stereocenters.